The smallest absolute Gasteiger partial charge is 0.190 e. The minimum absolute atomic E-state index is 0.252. The summed E-state index contributed by atoms with van der Waals surface area (Å²) in [7, 11) is 0. The van der Waals surface area contributed by atoms with Gasteiger partial charge in [0.15, 0.2) is 12.1 Å². The highest BCUT2D eigenvalue weighted by Gasteiger charge is 2.56. The van der Waals surface area contributed by atoms with Gasteiger partial charge in [0.2, 0.25) is 0 Å². The van der Waals surface area contributed by atoms with Gasteiger partial charge in [0, 0.05) is 0 Å². The Morgan fingerprint density at radius 2 is 1.28 bits per heavy atom. The molecule has 0 spiro atoms. The fourth-order valence-electron chi connectivity index (χ4n) is 5.39. The predicted molar refractivity (Wildman–Crippen MR) is 136 cm³/mol. The molecular weight excluding hydrogens is 452 g/mol. The van der Waals surface area contributed by atoms with Crippen molar-refractivity contribution < 1.29 is 23.7 Å². The van der Waals surface area contributed by atoms with Crippen molar-refractivity contribution in [3.05, 3.63) is 108 Å². The molecule has 2 saturated heterocycles. The van der Waals surface area contributed by atoms with Crippen molar-refractivity contribution in [3.8, 4) is 0 Å². The Morgan fingerprint density at radius 1 is 0.750 bits per heavy atom. The van der Waals surface area contributed by atoms with Crippen LogP contribution in [-0.4, -0.2) is 43.6 Å². The molecule has 6 rings (SSSR count). The maximum absolute atomic E-state index is 7.03. The van der Waals surface area contributed by atoms with E-state index in [1.54, 1.807) is 0 Å². The van der Waals surface area contributed by atoms with E-state index in [9.17, 15) is 0 Å². The standard InChI is InChI=1S/C31H34O5/c1-30(2)35-28-27(32-20-22-18-19-22)26(34-29(28)36-30)21-33-31(23-12-6-3-7-13-23,24-14-8-4-9-15-24)25-16-10-5-11-17-25/h3-17,22,26-29H,18-21H2,1-2H3/t26-,27+,28-,29?/m1/s1. The van der Waals surface area contributed by atoms with Gasteiger partial charge >= 0.3 is 0 Å². The maximum Gasteiger partial charge on any atom is 0.190 e. The number of ether oxygens (including phenoxy) is 5. The van der Waals surface area contributed by atoms with Gasteiger partial charge in [0.25, 0.3) is 0 Å². The maximum atomic E-state index is 7.03. The van der Waals surface area contributed by atoms with Gasteiger partial charge in [-0.2, -0.15) is 0 Å². The lowest BCUT2D eigenvalue weighted by molar-refractivity contribution is -0.227. The Kier molecular flexibility index (Phi) is 6.44. The van der Waals surface area contributed by atoms with Crippen LogP contribution in [0.1, 0.15) is 43.4 Å². The molecule has 2 aliphatic heterocycles. The highest BCUT2D eigenvalue weighted by Crippen LogP contribution is 2.44. The van der Waals surface area contributed by atoms with E-state index < -0.39 is 17.7 Å². The molecule has 0 bridgehead atoms. The second kappa shape index (κ2) is 9.73. The number of fused-ring (bicyclic) bond motifs is 1. The molecule has 1 saturated carbocycles. The fourth-order valence-corrected chi connectivity index (χ4v) is 5.39. The molecule has 1 aliphatic carbocycles. The third kappa shape index (κ3) is 4.62. The molecule has 0 N–H and O–H groups in total. The molecule has 3 fully saturated rings. The molecule has 5 nitrogen and oxygen atoms in total. The molecular formula is C31H34O5. The molecule has 36 heavy (non-hydrogen) atoms. The molecule has 0 radical (unpaired) electrons. The summed E-state index contributed by atoms with van der Waals surface area (Å²) in [4.78, 5) is 0. The first-order chi connectivity index (χ1) is 17.6. The largest absolute Gasteiger partial charge is 0.372 e. The summed E-state index contributed by atoms with van der Waals surface area (Å²) < 4.78 is 32.1. The van der Waals surface area contributed by atoms with E-state index >= 15 is 0 Å². The van der Waals surface area contributed by atoms with Gasteiger partial charge in [0.1, 0.15) is 23.9 Å². The monoisotopic (exact) mass is 486 g/mol. The lowest BCUT2D eigenvalue weighted by atomic mass is 9.80. The first-order valence-corrected chi connectivity index (χ1v) is 13.0. The van der Waals surface area contributed by atoms with Gasteiger partial charge in [-0.15, -0.1) is 0 Å². The molecule has 3 aromatic rings. The van der Waals surface area contributed by atoms with E-state index in [1.165, 1.54) is 12.8 Å². The summed E-state index contributed by atoms with van der Waals surface area (Å²) in [5, 5.41) is 0. The van der Waals surface area contributed by atoms with E-state index in [-0.39, 0.29) is 18.3 Å². The third-order valence-corrected chi connectivity index (χ3v) is 7.31. The first kappa shape index (κ1) is 23.8. The normalized spacial score (nSPS) is 27.2. The summed E-state index contributed by atoms with van der Waals surface area (Å²) in [6.07, 6.45) is 1.15. The number of hydrogen-bond acceptors (Lipinski definition) is 5. The topological polar surface area (TPSA) is 46.2 Å². The Bertz CT molecular complexity index is 1030. The van der Waals surface area contributed by atoms with Crippen LogP contribution in [0.15, 0.2) is 91.0 Å². The second-order valence-corrected chi connectivity index (χ2v) is 10.5. The van der Waals surface area contributed by atoms with Gasteiger partial charge in [-0.1, -0.05) is 91.0 Å². The zero-order chi connectivity index (χ0) is 24.6. The lowest BCUT2D eigenvalue weighted by Gasteiger charge is -2.37. The Morgan fingerprint density at radius 3 is 1.78 bits per heavy atom. The molecule has 1 unspecified atom stereocenters. The van der Waals surface area contributed by atoms with Gasteiger partial charge < -0.3 is 23.7 Å². The summed E-state index contributed by atoms with van der Waals surface area (Å²) in [6.45, 7) is 4.89. The van der Waals surface area contributed by atoms with Crippen molar-refractivity contribution in [1.82, 2.24) is 0 Å². The molecule has 3 aliphatic rings. The van der Waals surface area contributed by atoms with E-state index in [0.29, 0.717) is 12.5 Å². The number of rotatable bonds is 9. The van der Waals surface area contributed by atoms with Crippen LogP contribution in [0.5, 0.6) is 0 Å². The van der Waals surface area contributed by atoms with Gasteiger partial charge in [-0.25, -0.2) is 0 Å². The van der Waals surface area contributed by atoms with E-state index in [2.05, 4.69) is 72.8 Å². The average molecular weight is 487 g/mol. The van der Waals surface area contributed by atoms with Crippen molar-refractivity contribution in [2.24, 2.45) is 5.92 Å². The van der Waals surface area contributed by atoms with Crippen LogP contribution >= 0.6 is 0 Å². The highest BCUT2D eigenvalue weighted by atomic mass is 16.8. The van der Waals surface area contributed by atoms with Gasteiger partial charge in [-0.3, -0.25) is 0 Å². The zero-order valence-corrected chi connectivity index (χ0v) is 20.9. The van der Waals surface area contributed by atoms with Crippen LogP contribution in [0.2, 0.25) is 0 Å². The average Bonchev–Trinajstić information content (AvgIpc) is 3.62. The van der Waals surface area contributed by atoms with Crippen LogP contribution in [0, 0.1) is 5.92 Å². The fraction of sp³-hybridized carbons (Fsp3) is 0.419. The molecule has 4 atom stereocenters. The van der Waals surface area contributed by atoms with Crippen LogP contribution in [-0.2, 0) is 29.3 Å². The SMILES string of the molecule is CC1(C)OC2O[C@H](COC(c3ccccc3)(c3ccccc3)c3ccccc3)[C@H](OCC3CC3)[C@H]2O1. The minimum atomic E-state index is -0.813. The molecule has 0 amide bonds. The van der Waals surface area contributed by atoms with Gasteiger partial charge in [0.05, 0.1) is 13.2 Å². The summed E-state index contributed by atoms with van der Waals surface area (Å²) >= 11 is 0. The molecule has 0 aromatic heterocycles. The Hall–Kier alpha value is -2.54. The van der Waals surface area contributed by atoms with E-state index in [1.807, 2.05) is 32.0 Å². The van der Waals surface area contributed by atoms with Crippen molar-refractivity contribution in [1.29, 1.82) is 0 Å². The lowest BCUT2D eigenvalue weighted by Crippen LogP contribution is -2.42. The quantitative estimate of drug-likeness (QED) is 0.365. The number of hydrogen-bond donors (Lipinski definition) is 0. The van der Waals surface area contributed by atoms with Crippen LogP contribution < -0.4 is 0 Å². The minimum Gasteiger partial charge on any atom is -0.372 e. The predicted octanol–water partition coefficient (Wildman–Crippen LogP) is 5.67. The van der Waals surface area contributed by atoms with Crippen molar-refractivity contribution in [2.45, 2.75) is 62.7 Å². The third-order valence-electron chi connectivity index (χ3n) is 7.31. The summed E-state index contributed by atoms with van der Waals surface area (Å²) in [6, 6.07) is 31.2. The summed E-state index contributed by atoms with van der Waals surface area (Å²) in [5.74, 6) is -0.0532. The zero-order valence-electron chi connectivity index (χ0n) is 20.9. The first-order valence-electron chi connectivity index (χ1n) is 13.0. The summed E-state index contributed by atoms with van der Waals surface area (Å²) in [5.41, 5.74) is 2.37. The highest BCUT2D eigenvalue weighted by molar-refractivity contribution is 5.47. The number of benzene rings is 3. The molecule has 3 aromatic carbocycles. The Balaban J connectivity index is 1.34. The van der Waals surface area contributed by atoms with Gasteiger partial charge in [-0.05, 0) is 49.3 Å². The molecule has 2 heterocycles. The van der Waals surface area contributed by atoms with Crippen LogP contribution in [0.3, 0.4) is 0 Å². The Labute approximate surface area is 213 Å². The van der Waals surface area contributed by atoms with Crippen LogP contribution in [0.25, 0.3) is 0 Å². The van der Waals surface area contributed by atoms with E-state index in [0.717, 1.165) is 23.3 Å². The van der Waals surface area contributed by atoms with Crippen molar-refractivity contribution >= 4 is 0 Å². The van der Waals surface area contributed by atoms with Crippen molar-refractivity contribution in [2.75, 3.05) is 13.2 Å². The van der Waals surface area contributed by atoms with Crippen LogP contribution in [0.4, 0.5) is 0 Å². The molecule has 5 heteroatoms. The van der Waals surface area contributed by atoms with E-state index in [4.69, 9.17) is 23.7 Å². The molecule has 188 valence electrons. The van der Waals surface area contributed by atoms with Crippen molar-refractivity contribution in [3.63, 3.8) is 0 Å². The second-order valence-electron chi connectivity index (χ2n) is 10.5.